The molecule has 5 heteroatoms. The van der Waals surface area contributed by atoms with E-state index in [4.69, 9.17) is 26.5 Å². The van der Waals surface area contributed by atoms with Gasteiger partial charge < -0.3 is 24.6 Å². The summed E-state index contributed by atoms with van der Waals surface area (Å²) in [6, 6.07) is 6.73. The van der Waals surface area contributed by atoms with Crippen LogP contribution in [0.15, 0.2) is 24.3 Å². The molecule has 2 atom stereocenters. The zero-order valence-corrected chi connectivity index (χ0v) is 12.9. The van der Waals surface area contributed by atoms with Crippen molar-refractivity contribution < 1.29 is 31.7 Å². The molecule has 23 heavy (non-hydrogen) atoms. The molecule has 1 aromatic carbocycles. The van der Waals surface area contributed by atoms with E-state index >= 15 is 0 Å². The number of nitrogens with one attached hydrogen (secondary N) is 1. The predicted molar refractivity (Wildman–Crippen MR) is 90.2 cm³/mol. The second kappa shape index (κ2) is 8.52. The lowest BCUT2D eigenvalue weighted by Crippen LogP contribution is -2.42. The van der Waals surface area contributed by atoms with Crippen molar-refractivity contribution in [3.05, 3.63) is 24.3 Å². The Kier molecular flexibility index (Phi) is 3.43. The largest absolute Gasteiger partial charge is 0.487 e. The number of para-hydroxylation sites is 2. The minimum atomic E-state index is -3.40. The molecule has 1 fully saturated rings. The zero-order chi connectivity index (χ0) is 24.2. The highest BCUT2D eigenvalue weighted by atomic mass is 16.6. The highest BCUT2D eigenvalue weighted by Gasteiger charge is 2.17. The van der Waals surface area contributed by atoms with E-state index in [0.29, 0.717) is 24.7 Å². The third-order valence-corrected chi connectivity index (χ3v) is 3.33. The van der Waals surface area contributed by atoms with Crippen LogP contribution in [0.5, 0.6) is 11.5 Å². The van der Waals surface area contributed by atoms with Crippen molar-refractivity contribution in [2.24, 2.45) is 0 Å². The molecule has 2 unspecified atom stereocenters. The summed E-state index contributed by atoms with van der Waals surface area (Å²) in [4.78, 5) is 0. The molecule has 1 aliphatic rings. The van der Waals surface area contributed by atoms with Crippen molar-refractivity contribution in [3.63, 3.8) is 0 Å². The van der Waals surface area contributed by atoms with Gasteiger partial charge in [0.2, 0.25) is 0 Å². The van der Waals surface area contributed by atoms with Gasteiger partial charge in [0.05, 0.1) is 6.10 Å². The molecule has 2 rings (SSSR count). The summed E-state index contributed by atoms with van der Waals surface area (Å²) in [7, 11) is 0. The minimum absolute atomic E-state index is 0.00869. The molecule has 0 aliphatic carbocycles. The number of rotatable bonds is 8. The molecule has 0 radical (unpaired) electrons. The number of aliphatic hydroxyl groups excluding tert-OH is 1. The second-order valence-electron chi connectivity index (χ2n) is 5.49. The molecule has 130 valence electrons. The Hall–Kier alpha value is -1.30. The Labute approximate surface area is 151 Å². The van der Waals surface area contributed by atoms with Crippen LogP contribution in [-0.2, 0) is 4.74 Å². The van der Waals surface area contributed by atoms with Gasteiger partial charge in [-0.1, -0.05) is 12.1 Å². The standard InChI is InChI=1S/C18H29NO4/c1-18(2,3)19-11-14(20)12-22-16-8-4-5-9-17(16)23-13-15-7-6-10-21-15/h4-5,8-9,14-15,19-20H,6-7,10-13H2,1-3H3/i1D3,2D3,3D3. The predicted octanol–water partition coefficient (Wildman–Crippen LogP) is 2.37. The quantitative estimate of drug-likeness (QED) is 0.765. The third-order valence-electron chi connectivity index (χ3n) is 3.33. The van der Waals surface area contributed by atoms with Crippen LogP contribution in [0.1, 0.15) is 45.7 Å². The van der Waals surface area contributed by atoms with Gasteiger partial charge >= 0.3 is 0 Å². The van der Waals surface area contributed by atoms with Crippen LogP contribution >= 0.6 is 0 Å². The maximum Gasteiger partial charge on any atom is 0.161 e. The van der Waals surface area contributed by atoms with E-state index in [9.17, 15) is 5.11 Å². The molecular formula is C18H29NO4. The Bertz CT molecular complexity index is 694. The number of hydrogen-bond donors (Lipinski definition) is 2. The second-order valence-corrected chi connectivity index (χ2v) is 5.49. The van der Waals surface area contributed by atoms with E-state index in [0.717, 1.165) is 12.8 Å². The molecule has 2 N–H and O–H groups in total. The molecular weight excluding hydrogens is 294 g/mol. The first-order valence-electron chi connectivity index (χ1n) is 12.1. The van der Waals surface area contributed by atoms with Crippen LogP contribution in [-0.4, -0.2) is 49.2 Å². The van der Waals surface area contributed by atoms with E-state index in [2.05, 4.69) is 5.32 Å². The molecule has 1 aromatic rings. The van der Waals surface area contributed by atoms with Crippen LogP contribution in [0.4, 0.5) is 0 Å². The summed E-state index contributed by atoms with van der Waals surface area (Å²) in [5.74, 6) is 0.739. The number of β-amino-alcohol motifs (C(OH)–C–C–N with tert-alkyl or cyclic N) is 1. The fraction of sp³-hybridized carbons (Fsp3) is 0.667. The number of benzene rings is 1. The number of ether oxygens (including phenoxy) is 3. The Morgan fingerprint density at radius 3 is 2.74 bits per heavy atom. The van der Waals surface area contributed by atoms with Crippen molar-refractivity contribution in [2.45, 2.75) is 51.1 Å². The lowest BCUT2D eigenvalue weighted by Gasteiger charge is -2.23. The molecule has 0 aromatic heterocycles. The summed E-state index contributed by atoms with van der Waals surface area (Å²) < 4.78 is 85.1. The molecule has 0 amide bonds. The molecule has 0 saturated carbocycles. The highest BCUT2D eigenvalue weighted by Crippen LogP contribution is 2.27. The van der Waals surface area contributed by atoms with E-state index in [-0.39, 0.29) is 12.7 Å². The van der Waals surface area contributed by atoms with Crippen LogP contribution in [0.25, 0.3) is 0 Å². The first-order valence-corrected chi connectivity index (χ1v) is 7.58. The first-order chi connectivity index (χ1) is 14.7. The average Bonchev–Trinajstić information content (AvgIpc) is 3.16. The lowest BCUT2D eigenvalue weighted by atomic mass is 10.1. The smallest absolute Gasteiger partial charge is 0.161 e. The van der Waals surface area contributed by atoms with Gasteiger partial charge in [0.25, 0.3) is 0 Å². The number of aliphatic hydroxyl groups is 1. The van der Waals surface area contributed by atoms with Gasteiger partial charge in [-0.2, -0.15) is 0 Å². The van der Waals surface area contributed by atoms with Crippen LogP contribution < -0.4 is 14.8 Å². The van der Waals surface area contributed by atoms with Gasteiger partial charge in [0.15, 0.2) is 11.5 Å². The van der Waals surface area contributed by atoms with Gasteiger partial charge in [-0.15, -0.1) is 0 Å². The fourth-order valence-corrected chi connectivity index (χ4v) is 2.16. The SMILES string of the molecule is [2H]C([2H])([2H])C(NCC(O)COc1ccccc1OCC1CCCO1)(C([2H])([2H])[2H])C([2H])([2H])[2H]. The highest BCUT2D eigenvalue weighted by molar-refractivity contribution is 5.39. The molecule has 1 saturated heterocycles. The van der Waals surface area contributed by atoms with Crippen LogP contribution in [0, 0.1) is 0 Å². The van der Waals surface area contributed by atoms with Gasteiger partial charge in [-0.3, -0.25) is 0 Å². The summed E-state index contributed by atoms with van der Waals surface area (Å²) >= 11 is 0. The third kappa shape index (κ3) is 6.77. The van der Waals surface area contributed by atoms with Gasteiger partial charge in [-0.05, 0) is 45.5 Å². The lowest BCUT2D eigenvalue weighted by molar-refractivity contribution is 0.0644. The van der Waals surface area contributed by atoms with Crippen molar-refractivity contribution in [3.8, 4) is 11.5 Å². The molecule has 0 bridgehead atoms. The van der Waals surface area contributed by atoms with Gasteiger partial charge in [0.1, 0.15) is 19.3 Å². The van der Waals surface area contributed by atoms with Crippen molar-refractivity contribution in [1.29, 1.82) is 0 Å². The van der Waals surface area contributed by atoms with E-state index < -0.39 is 38.7 Å². The van der Waals surface area contributed by atoms with E-state index in [1.165, 1.54) is 0 Å². The summed E-state index contributed by atoms with van der Waals surface area (Å²) in [5, 5.41) is 12.4. The van der Waals surface area contributed by atoms with Crippen molar-refractivity contribution in [2.75, 3.05) is 26.4 Å². The van der Waals surface area contributed by atoms with E-state index in [1.54, 1.807) is 24.3 Å². The van der Waals surface area contributed by atoms with Crippen LogP contribution in [0.3, 0.4) is 0 Å². The fourth-order valence-electron chi connectivity index (χ4n) is 2.16. The first kappa shape index (κ1) is 9.25. The molecule has 0 spiro atoms. The van der Waals surface area contributed by atoms with Crippen molar-refractivity contribution >= 4 is 0 Å². The topological polar surface area (TPSA) is 60.0 Å². The van der Waals surface area contributed by atoms with Gasteiger partial charge in [0, 0.05) is 31.0 Å². The summed E-state index contributed by atoms with van der Waals surface area (Å²) in [6.07, 6.45) is 0.458. The van der Waals surface area contributed by atoms with E-state index in [1.807, 2.05) is 0 Å². The average molecular weight is 332 g/mol. The van der Waals surface area contributed by atoms with Crippen molar-refractivity contribution in [1.82, 2.24) is 5.32 Å². The normalized spacial score (nSPS) is 27.0. The summed E-state index contributed by atoms with van der Waals surface area (Å²) in [6.45, 7) is -10.1. The summed E-state index contributed by atoms with van der Waals surface area (Å²) in [5.41, 5.74) is -3.21. The maximum atomic E-state index is 10.3. The maximum absolute atomic E-state index is 10.3. The number of hydrogen-bond acceptors (Lipinski definition) is 5. The Morgan fingerprint density at radius 2 is 2.09 bits per heavy atom. The molecule has 1 aliphatic heterocycles. The zero-order valence-electron chi connectivity index (χ0n) is 21.9. The van der Waals surface area contributed by atoms with Gasteiger partial charge in [-0.25, -0.2) is 0 Å². The Balaban J connectivity index is 2.02. The molecule has 1 heterocycles. The van der Waals surface area contributed by atoms with Crippen LogP contribution in [0.2, 0.25) is 0 Å². The monoisotopic (exact) mass is 332 g/mol. The minimum Gasteiger partial charge on any atom is -0.487 e. The Morgan fingerprint density at radius 1 is 1.35 bits per heavy atom. The molecule has 5 nitrogen and oxygen atoms in total.